The minimum absolute atomic E-state index is 0.202. The highest BCUT2D eigenvalue weighted by Crippen LogP contribution is 2.21. The van der Waals surface area contributed by atoms with Crippen LogP contribution in [0, 0.1) is 5.82 Å². The van der Waals surface area contributed by atoms with Crippen molar-refractivity contribution in [2.24, 2.45) is 0 Å². The Hall–Kier alpha value is -3.34. The highest BCUT2D eigenvalue weighted by molar-refractivity contribution is 6.04. The van der Waals surface area contributed by atoms with Gasteiger partial charge in [-0.1, -0.05) is 18.2 Å². The second kappa shape index (κ2) is 8.13. The molecule has 5 heteroatoms. The van der Waals surface area contributed by atoms with E-state index in [1.807, 2.05) is 30.3 Å². The number of piperazine rings is 1. The van der Waals surface area contributed by atoms with Crippen LogP contribution in [0.4, 0.5) is 21.5 Å². The van der Waals surface area contributed by atoms with Gasteiger partial charge in [-0.15, -0.1) is 0 Å². The van der Waals surface area contributed by atoms with E-state index in [9.17, 15) is 9.18 Å². The van der Waals surface area contributed by atoms with Crippen LogP contribution < -0.4 is 15.1 Å². The van der Waals surface area contributed by atoms with Crippen LogP contribution in [0.15, 0.2) is 78.9 Å². The first-order valence-corrected chi connectivity index (χ1v) is 9.41. The van der Waals surface area contributed by atoms with Gasteiger partial charge in [-0.25, -0.2) is 4.39 Å². The van der Waals surface area contributed by atoms with Gasteiger partial charge in [0.2, 0.25) is 0 Å². The van der Waals surface area contributed by atoms with Gasteiger partial charge >= 0.3 is 0 Å². The maximum absolute atomic E-state index is 13.0. The average Bonchev–Trinajstić information content (AvgIpc) is 2.76. The largest absolute Gasteiger partial charge is 0.368 e. The summed E-state index contributed by atoms with van der Waals surface area (Å²) in [7, 11) is 0. The van der Waals surface area contributed by atoms with Crippen molar-refractivity contribution in [3.05, 3.63) is 90.2 Å². The number of para-hydroxylation sites is 1. The lowest BCUT2D eigenvalue weighted by atomic mass is 10.1. The van der Waals surface area contributed by atoms with Crippen LogP contribution in [0.2, 0.25) is 0 Å². The molecule has 0 radical (unpaired) electrons. The number of benzene rings is 3. The van der Waals surface area contributed by atoms with E-state index >= 15 is 0 Å². The lowest BCUT2D eigenvalue weighted by molar-refractivity contribution is 0.102. The van der Waals surface area contributed by atoms with Crippen LogP contribution in [0.5, 0.6) is 0 Å². The Morgan fingerprint density at radius 1 is 0.714 bits per heavy atom. The Balaban J connectivity index is 1.36. The summed E-state index contributed by atoms with van der Waals surface area (Å²) in [5.41, 5.74) is 3.53. The van der Waals surface area contributed by atoms with Crippen LogP contribution >= 0.6 is 0 Å². The number of hydrogen-bond acceptors (Lipinski definition) is 3. The molecule has 28 heavy (non-hydrogen) atoms. The van der Waals surface area contributed by atoms with Crippen molar-refractivity contribution in [3.8, 4) is 0 Å². The lowest BCUT2D eigenvalue weighted by Gasteiger charge is -2.37. The Morgan fingerprint density at radius 2 is 1.25 bits per heavy atom. The summed E-state index contributed by atoms with van der Waals surface area (Å²) < 4.78 is 13.0. The van der Waals surface area contributed by atoms with E-state index in [0.717, 1.165) is 31.9 Å². The highest BCUT2D eigenvalue weighted by atomic mass is 19.1. The van der Waals surface area contributed by atoms with E-state index in [-0.39, 0.29) is 11.7 Å². The molecule has 1 heterocycles. The molecule has 142 valence electrons. The number of amides is 1. The molecule has 1 N–H and O–H groups in total. The summed E-state index contributed by atoms with van der Waals surface area (Å²) in [5, 5.41) is 2.78. The molecule has 4 rings (SSSR count). The summed E-state index contributed by atoms with van der Waals surface area (Å²) in [6, 6.07) is 23.8. The quantitative estimate of drug-likeness (QED) is 0.734. The predicted molar refractivity (Wildman–Crippen MR) is 112 cm³/mol. The van der Waals surface area contributed by atoms with E-state index in [2.05, 4.69) is 39.4 Å². The molecule has 0 unspecified atom stereocenters. The van der Waals surface area contributed by atoms with Crippen LogP contribution in [0.25, 0.3) is 0 Å². The minimum atomic E-state index is -0.324. The normalized spacial score (nSPS) is 14.0. The monoisotopic (exact) mass is 375 g/mol. The average molecular weight is 375 g/mol. The molecule has 1 amide bonds. The van der Waals surface area contributed by atoms with Gasteiger partial charge in [-0.05, 0) is 60.7 Å². The van der Waals surface area contributed by atoms with Gasteiger partial charge in [0.1, 0.15) is 5.82 Å². The molecule has 3 aromatic carbocycles. The second-order valence-electron chi connectivity index (χ2n) is 6.82. The van der Waals surface area contributed by atoms with Crippen LogP contribution in [0.1, 0.15) is 10.4 Å². The fourth-order valence-corrected chi connectivity index (χ4v) is 3.42. The molecular weight excluding hydrogens is 353 g/mol. The highest BCUT2D eigenvalue weighted by Gasteiger charge is 2.17. The maximum Gasteiger partial charge on any atom is 0.255 e. The summed E-state index contributed by atoms with van der Waals surface area (Å²) in [5.74, 6) is -0.526. The summed E-state index contributed by atoms with van der Waals surface area (Å²) >= 11 is 0. The summed E-state index contributed by atoms with van der Waals surface area (Å²) in [6.07, 6.45) is 0. The van der Waals surface area contributed by atoms with Crippen molar-refractivity contribution >= 4 is 23.0 Å². The number of anilines is 3. The number of hydrogen-bond donors (Lipinski definition) is 1. The van der Waals surface area contributed by atoms with Crippen molar-refractivity contribution < 1.29 is 9.18 Å². The first-order chi connectivity index (χ1) is 13.7. The minimum Gasteiger partial charge on any atom is -0.368 e. The van der Waals surface area contributed by atoms with Gasteiger partial charge in [-0.3, -0.25) is 4.79 Å². The van der Waals surface area contributed by atoms with Crippen molar-refractivity contribution in [3.63, 3.8) is 0 Å². The third-order valence-electron chi connectivity index (χ3n) is 5.00. The summed E-state index contributed by atoms with van der Waals surface area (Å²) in [4.78, 5) is 17.1. The Kier molecular flexibility index (Phi) is 5.24. The number of carbonyl (C=O) groups is 1. The molecule has 0 spiro atoms. The zero-order chi connectivity index (χ0) is 19.3. The van der Waals surface area contributed by atoms with Crippen molar-refractivity contribution in [1.82, 2.24) is 0 Å². The van der Waals surface area contributed by atoms with E-state index in [4.69, 9.17) is 0 Å². The van der Waals surface area contributed by atoms with Gasteiger partial charge in [0, 0.05) is 48.8 Å². The molecule has 1 aliphatic rings. The van der Waals surface area contributed by atoms with Crippen molar-refractivity contribution in [2.45, 2.75) is 0 Å². The standard InChI is InChI=1S/C23H22FN3O/c24-19-8-10-20(11-9-19)25-23(28)18-6-12-22(13-7-18)27-16-14-26(15-17-27)21-4-2-1-3-5-21/h1-13H,14-17H2,(H,25,28). The van der Waals surface area contributed by atoms with Gasteiger partial charge in [-0.2, -0.15) is 0 Å². The number of nitrogens with zero attached hydrogens (tertiary/aromatic N) is 2. The van der Waals surface area contributed by atoms with E-state index in [0.29, 0.717) is 11.3 Å². The molecule has 0 aliphatic carbocycles. The van der Waals surface area contributed by atoms with E-state index in [1.165, 1.54) is 17.8 Å². The molecule has 0 bridgehead atoms. The fraction of sp³-hybridized carbons (Fsp3) is 0.174. The molecule has 1 aliphatic heterocycles. The van der Waals surface area contributed by atoms with Gasteiger partial charge in [0.05, 0.1) is 0 Å². The Labute approximate surface area is 164 Å². The van der Waals surface area contributed by atoms with Crippen LogP contribution in [-0.4, -0.2) is 32.1 Å². The molecule has 0 saturated carbocycles. The van der Waals surface area contributed by atoms with Crippen LogP contribution in [0.3, 0.4) is 0 Å². The predicted octanol–water partition coefficient (Wildman–Crippen LogP) is 4.40. The molecular formula is C23H22FN3O. The van der Waals surface area contributed by atoms with Crippen molar-refractivity contribution in [1.29, 1.82) is 0 Å². The Morgan fingerprint density at radius 3 is 1.82 bits per heavy atom. The zero-order valence-electron chi connectivity index (χ0n) is 15.5. The van der Waals surface area contributed by atoms with Gasteiger partial charge < -0.3 is 15.1 Å². The fourth-order valence-electron chi connectivity index (χ4n) is 3.42. The third-order valence-corrected chi connectivity index (χ3v) is 5.00. The molecule has 1 fully saturated rings. The van der Waals surface area contributed by atoms with Crippen molar-refractivity contribution in [2.75, 3.05) is 41.3 Å². The molecule has 3 aromatic rings. The van der Waals surface area contributed by atoms with Gasteiger partial charge in [0.15, 0.2) is 0 Å². The third kappa shape index (κ3) is 4.14. The van der Waals surface area contributed by atoms with Gasteiger partial charge in [0.25, 0.3) is 5.91 Å². The topological polar surface area (TPSA) is 35.6 Å². The smallest absolute Gasteiger partial charge is 0.255 e. The number of halogens is 1. The molecule has 0 atom stereocenters. The SMILES string of the molecule is O=C(Nc1ccc(F)cc1)c1ccc(N2CCN(c3ccccc3)CC2)cc1. The second-order valence-corrected chi connectivity index (χ2v) is 6.82. The first-order valence-electron chi connectivity index (χ1n) is 9.41. The Bertz CT molecular complexity index is 918. The molecule has 1 saturated heterocycles. The van der Waals surface area contributed by atoms with Crippen LogP contribution in [-0.2, 0) is 0 Å². The van der Waals surface area contributed by atoms with E-state index < -0.39 is 0 Å². The maximum atomic E-state index is 13.0. The number of rotatable bonds is 4. The lowest BCUT2D eigenvalue weighted by Crippen LogP contribution is -2.46. The number of carbonyl (C=O) groups excluding carboxylic acids is 1. The zero-order valence-corrected chi connectivity index (χ0v) is 15.5. The molecule has 4 nitrogen and oxygen atoms in total. The summed E-state index contributed by atoms with van der Waals surface area (Å²) in [6.45, 7) is 3.82. The number of nitrogens with one attached hydrogen (secondary N) is 1. The first kappa shape index (κ1) is 18.0. The van der Waals surface area contributed by atoms with E-state index in [1.54, 1.807) is 12.1 Å². The molecule has 0 aromatic heterocycles.